The zero-order valence-corrected chi connectivity index (χ0v) is 10.1. The molecule has 1 nitrogen and oxygen atoms in total. The largest absolute Gasteiger partial charge is 0.494 e. The van der Waals surface area contributed by atoms with Crippen molar-refractivity contribution in [2.45, 2.75) is 31.1 Å². The molecule has 3 heteroatoms. The second-order valence-corrected chi connectivity index (χ2v) is 4.81. The van der Waals surface area contributed by atoms with Gasteiger partial charge in [-0.2, -0.15) is 0 Å². The normalized spacial score (nSPS) is 18.7. The average Bonchev–Trinajstić information content (AvgIpc) is 2.81. The molecular weight excluding hydrogens is 227 g/mol. The Morgan fingerprint density at radius 1 is 1.38 bits per heavy atom. The van der Waals surface area contributed by atoms with Gasteiger partial charge in [0.1, 0.15) is 0 Å². The second kappa shape index (κ2) is 5.05. The van der Waals surface area contributed by atoms with Crippen LogP contribution in [0.4, 0.5) is 4.39 Å². The standard InChI is InChI=1S/C13H16ClFO/c1-16-12-7-6-10(8-11(12)15)13(14)9-4-2-3-5-9/h6-9,13H,2-5H2,1H3. The van der Waals surface area contributed by atoms with Crippen LogP contribution in [0.1, 0.15) is 36.6 Å². The van der Waals surface area contributed by atoms with E-state index in [0.717, 1.165) is 18.4 Å². The molecule has 0 aliphatic heterocycles. The van der Waals surface area contributed by atoms with Crippen molar-refractivity contribution in [3.63, 3.8) is 0 Å². The molecule has 0 N–H and O–H groups in total. The van der Waals surface area contributed by atoms with Crippen LogP contribution in [0.15, 0.2) is 18.2 Å². The lowest BCUT2D eigenvalue weighted by atomic mass is 9.97. The van der Waals surface area contributed by atoms with Crippen molar-refractivity contribution in [1.29, 1.82) is 0 Å². The van der Waals surface area contributed by atoms with Gasteiger partial charge in [-0.1, -0.05) is 18.9 Å². The van der Waals surface area contributed by atoms with E-state index in [1.54, 1.807) is 6.07 Å². The zero-order valence-electron chi connectivity index (χ0n) is 9.38. The number of hydrogen-bond donors (Lipinski definition) is 0. The number of benzene rings is 1. The van der Waals surface area contributed by atoms with Gasteiger partial charge < -0.3 is 4.74 Å². The average molecular weight is 243 g/mol. The SMILES string of the molecule is COc1ccc(C(Cl)C2CCCC2)cc1F. The van der Waals surface area contributed by atoms with Gasteiger partial charge >= 0.3 is 0 Å². The van der Waals surface area contributed by atoms with Crippen molar-refractivity contribution < 1.29 is 9.13 Å². The van der Waals surface area contributed by atoms with E-state index < -0.39 is 0 Å². The van der Waals surface area contributed by atoms with Crippen LogP contribution in [0.2, 0.25) is 0 Å². The number of methoxy groups -OCH3 is 1. The fourth-order valence-corrected chi connectivity index (χ4v) is 2.76. The minimum atomic E-state index is -0.330. The Hall–Kier alpha value is -0.760. The van der Waals surface area contributed by atoms with Gasteiger partial charge in [0.05, 0.1) is 12.5 Å². The number of hydrogen-bond acceptors (Lipinski definition) is 1. The summed E-state index contributed by atoms with van der Waals surface area (Å²) < 4.78 is 18.4. The maximum atomic E-state index is 13.5. The van der Waals surface area contributed by atoms with E-state index in [9.17, 15) is 4.39 Å². The first-order chi connectivity index (χ1) is 7.72. The highest BCUT2D eigenvalue weighted by atomic mass is 35.5. The monoisotopic (exact) mass is 242 g/mol. The molecule has 0 heterocycles. The molecule has 0 amide bonds. The van der Waals surface area contributed by atoms with Crippen LogP contribution in [0.3, 0.4) is 0 Å². The predicted molar refractivity (Wildman–Crippen MR) is 63.5 cm³/mol. The van der Waals surface area contributed by atoms with Gasteiger partial charge in [-0.25, -0.2) is 4.39 Å². The van der Waals surface area contributed by atoms with Crippen LogP contribution >= 0.6 is 11.6 Å². The highest BCUT2D eigenvalue weighted by Crippen LogP contribution is 2.40. The van der Waals surface area contributed by atoms with E-state index in [4.69, 9.17) is 16.3 Å². The van der Waals surface area contributed by atoms with Crippen molar-refractivity contribution in [1.82, 2.24) is 0 Å². The Morgan fingerprint density at radius 2 is 2.06 bits per heavy atom. The summed E-state index contributed by atoms with van der Waals surface area (Å²) in [5.41, 5.74) is 0.867. The number of rotatable bonds is 3. The maximum absolute atomic E-state index is 13.5. The van der Waals surface area contributed by atoms with Crippen LogP contribution < -0.4 is 4.74 Å². The van der Waals surface area contributed by atoms with Crippen LogP contribution in [0, 0.1) is 11.7 Å². The first-order valence-corrected chi connectivity index (χ1v) is 6.13. The van der Waals surface area contributed by atoms with E-state index >= 15 is 0 Å². The molecular formula is C13H16ClFO. The quantitative estimate of drug-likeness (QED) is 0.718. The van der Waals surface area contributed by atoms with Crippen molar-refractivity contribution in [2.24, 2.45) is 5.92 Å². The van der Waals surface area contributed by atoms with Gasteiger partial charge in [-0.15, -0.1) is 11.6 Å². The van der Waals surface area contributed by atoms with Crippen molar-refractivity contribution in [3.05, 3.63) is 29.6 Å². The van der Waals surface area contributed by atoms with Gasteiger partial charge in [0.15, 0.2) is 11.6 Å². The lowest BCUT2D eigenvalue weighted by molar-refractivity contribution is 0.385. The van der Waals surface area contributed by atoms with Crippen molar-refractivity contribution in [2.75, 3.05) is 7.11 Å². The van der Waals surface area contributed by atoms with Crippen LogP contribution in [0.5, 0.6) is 5.75 Å². The fourth-order valence-electron chi connectivity index (χ4n) is 2.38. The molecule has 1 saturated carbocycles. The molecule has 1 atom stereocenters. The lowest BCUT2D eigenvalue weighted by Gasteiger charge is -2.17. The minimum Gasteiger partial charge on any atom is -0.494 e. The summed E-state index contributed by atoms with van der Waals surface area (Å²) in [6, 6.07) is 5.00. The Kier molecular flexibility index (Phi) is 3.70. The highest BCUT2D eigenvalue weighted by molar-refractivity contribution is 6.21. The van der Waals surface area contributed by atoms with Crippen LogP contribution in [-0.2, 0) is 0 Å². The van der Waals surface area contributed by atoms with Gasteiger partial charge in [-0.05, 0) is 36.5 Å². The Bertz CT molecular complexity index is 361. The second-order valence-electron chi connectivity index (χ2n) is 4.34. The lowest BCUT2D eigenvalue weighted by Crippen LogP contribution is -2.04. The molecule has 0 spiro atoms. The molecule has 2 rings (SSSR count). The summed E-state index contributed by atoms with van der Waals surface area (Å²) >= 11 is 6.37. The Morgan fingerprint density at radius 3 is 2.62 bits per heavy atom. The summed E-state index contributed by atoms with van der Waals surface area (Å²) in [4.78, 5) is 0. The van der Waals surface area contributed by atoms with E-state index in [-0.39, 0.29) is 16.9 Å². The maximum Gasteiger partial charge on any atom is 0.165 e. The summed E-state index contributed by atoms with van der Waals surface area (Å²) in [5, 5.41) is -0.0668. The first-order valence-electron chi connectivity index (χ1n) is 5.70. The molecule has 16 heavy (non-hydrogen) atoms. The molecule has 0 bridgehead atoms. The molecule has 1 aromatic rings. The van der Waals surface area contributed by atoms with Gasteiger partial charge in [0, 0.05) is 0 Å². The van der Waals surface area contributed by atoms with Crippen molar-refractivity contribution >= 4 is 11.6 Å². The zero-order chi connectivity index (χ0) is 11.5. The molecule has 1 fully saturated rings. The van der Waals surface area contributed by atoms with Gasteiger partial charge in [0.25, 0.3) is 0 Å². The highest BCUT2D eigenvalue weighted by Gasteiger charge is 2.25. The summed E-state index contributed by atoms with van der Waals surface area (Å²) in [5.74, 6) is 0.442. The van der Waals surface area contributed by atoms with E-state index in [1.165, 1.54) is 26.0 Å². The molecule has 1 aromatic carbocycles. The van der Waals surface area contributed by atoms with Crippen molar-refractivity contribution in [3.8, 4) is 5.75 Å². The summed E-state index contributed by atoms with van der Waals surface area (Å²) in [6.07, 6.45) is 4.79. The fraction of sp³-hybridized carbons (Fsp3) is 0.538. The van der Waals surface area contributed by atoms with E-state index in [0.29, 0.717) is 5.92 Å². The third-order valence-corrected chi connectivity index (χ3v) is 3.92. The predicted octanol–water partition coefficient (Wildman–Crippen LogP) is 4.30. The van der Waals surface area contributed by atoms with Gasteiger partial charge in [0.2, 0.25) is 0 Å². The van der Waals surface area contributed by atoms with E-state index in [2.05, 4.69) is 0 Å². The topological polar surface area (TPSA) is 9.23 Å². The number of ether oxygens (including phenoxy) is 1. The van der Waals surface area contributed by atoms with E-state index in [1.807, 2.05) is 6.07 Å². The third-order valence-electron chi connectivity index (χ3n) is 3.31. The molecule has 88 valence electrons. The third kappa shape index (κ3) is 2.32. The Labute approximate surface area is 101 Å². The first kappa shape index (κ1) is 11.7. The molecule has 1 aliphatic rings. The number of halogens is 2. The number of alkyl halides is 1. The molecule has 0 saturated heterocycles. The Balaban J connectivity index is 2.16. The molecule has 0 radical (unpaired) electrons. The minimum absolute atomic E-state index is 0.0668. The van der Waals surface area contributed by atoms with Gasteiger partial charge in [-0.3, -0.25) is 0 Å². The summed E-state index contributed by atoms with van der Waals surface area (Å²) in [6.45, 7) is 0. The van der Waals surface area contributed by atoms with Crippen LogP contribution in [0.25, 0.3) is 0 Å². The molecule has 0 aromatic heterocycles. The van der Waals surface area contributed by atoms with Crippen LogP contribution in [-0.4, -0.2) is 7.11 Å². The smallest absolute Gasteiger partial charge is 0.165 e. The summed E-state index contributed by atoms with van der Waals surface area (Å²) in [7, 11) is 1.47. The molecule has 1 unspecified atom stereocenters. The molecule has 1 aliphatic carbocycles.